The first-order valence-corrected chi connectivity index (χ1v) is 11.4. The summed E-state index contributed by atoms with van der Waals surface area (Å²) in [5.74, 6) is -4.46. The van der Waals surface area contributed by atoms with E-state index in [4.69, 9.17) is 22.9 Å². The highest BCUT2D eigenvalue weighted by molar-refractivity contribution is 5.94. The van der Waals surface area contributed by atoms with Gasteiger partial charge < -0.3 is 49.1 Å². The molecule has 3 unspecified atom stereocenters. The molecule has 0 saturated carbocycles. The second-order valence-electron chi connectivity index (χ2n) is 8.11. The lowest BCUT2D eigenvalue weighted by Crippen LogP contribution is -2.56. The number of nitrogens with zero attached hydrogens (tertiary/aromatic N) is 1. The van der Waals surface area contributed by atoms with Gasteiger partial charge in [-0.1, -0.05) is 12.1 Å². The maximum absolute atomic E-state index is 13.0. The number of rotatable bonds is 16. The molecule has 37 heavy (non-hydrogen) atoms. The number of aromatic hydroxyl groups is 1. The van der Waals surface area contributed by atoms with E-state index >= 15 is 0 Å². The van der Waals surface area contributed by atoms with E-state index < -0.39 is 54.3 Å². The van der Waals surface area contributed by atoms with Crippen LogP contribution in [0.15, 0.2) is 29.3 Å². The van der Waals surface area contributed by atoms with Gasteiger partial charge in [-0.25, -0.2) is 4.79 Å². The number of carboxylic acids is 1. The molecule has 1 aromatic rings. The van der Waals surface area contributed by atoms with Crippen LogP contribution in [0.25, 0.3) is 0 Å². The number of phenols is 1. The van der Waals surface area contributed by atoms with Crippen molar-refractivity contribution in [3.63, 3.8) is 0 Å². The van der Waals surface area contributed by atoms with E-state index in [2.05, 4.69) is 20.9 Å². The van der Waals surface area contributed by atoms with Crippen molar-refractivity contribution < 1.29 is 34.2 Å². The fourth-order valence-corrected chi connectivity index (χ4v) is 3.19. The van der Waals surface area contributed by atoms with Crippen LogP contribution in [0, 0.1) is 0 Å². The molecule has 0 bridgehead atoms. The van der Waals surface area contributed by atoms with E-state index in [-0.39, 0.29) is 50.4 Å². The minimum absolute atomic E-state index is 0.00386. The molecule has 15 heteroatoms. The number of amides is 4. The SMILES string of the molecule is NCC(=O)NC(CCC(N)=O)C(=O)NC(CCCN=C(N)N)C(=O)NC(Cc1ccc(O)cc1)C(=O)O. The van der Waals surface area contributed by atoms with Gasteiger partial charge in [-0.05, 0) is 37.0 Å². The third-order valence-electron chi connectivity index (χ3n) is 5.09. The molecule has 3 atom stereocenters. The molecule has 1 rings (SSSR count). The number of benzene rings is 1. The molecule has 0 aliphatic rings. The highest BCUT2D eigenvalue weighted by Crippen LogP contribution is 2.12. The molecule has 0 aliphatic carbocycles. The Hall–Kier alpha value is -4.40. The third-order valence-corrected chi connectivity index (χ3v) is 5.09. The van der Waals surface area contributed by atoms with Crippen molar-refractivity contribution in [2.24, 2.45) is 27.9 Å². The Morgan fingerprint density at radius 1 is 0.865 bits per heavy atom. The van der Waals surface area contributed by atoms with Crippen LogP contribution in [0.4, 0.5) is 0 Å². The fourth-order valence-electron chi connectivity index (χ4n) is 3.19. The second-order valence-corrected chi connectivity index (χ2v) is 8.11. The number of guanidine groups is 1. The maximum Gasteiger partial charge on any atom is 0.326 e. The van der Waals surface area contributed by atoms with Crippen molar-refractivity contribution in [3.8, 4) is 5.75 Å². The van der Waals surface area contributed by atoms with Crippen LogP contribution in [0.2, 0.25) is 0 Å². The number of aliphatic carboxylic acids is 1. The van der Waals surface area contributed by atoms with Gasteiger partial charge in [0.2, 0.25) is 23.6 Å². The first-order valence-electron chi connectivity index (χ1n) is 11.4. The lowest BCUT2D eigenvalue weighted by molar-refractivity contribution is -0.142. The average Bonchev–Trinajstić information content (AvgIpc) is 2.83. The number of phenolic OH excluding ortho intramolecular Hbond substituents is 1. The standard InChI is InChI=1S/C22H34N8O7/c23-11-18(33)28-15(7-8-17(24)32)20(35)29-14(2-1-9-27-22(25)26)19(34)30-16(21(36)37)10-12-3-5-13(31)6-4-12/h3-6,14-16,31H,1-2,7-11,23H2,(H2,24,32)(H,28,33)(H,29,35)(H,30,34)(H,36,37)(H4,25,26,27). The molecule has 204 valence electrons. The van der Waals surface area contributed by atoms with E-state index in [0.29, 0.717) is 5.56 Å². The monoisotopic (exact) mass is 522 g/mol. The molecule has 0 aliphatic heterocycles. The van der Waals surface area contributed by atoms with Gasteiger partial charge >= 0.3 is 5.97 Å². The van der Waals surface area contributed by atoms with Crippen LogP contribution in [0.3, 0.4) is 0 Å². The largest absolute Gasteiger partial charge is 0.508 e. The Bertz CT molecular complexity index is 980. The van der Waals surface area contributed by atoms with Gasteiger partial charge in [-0.3, -0.25) is 24.2 Å². The molecule has 15 nitrogen and oxygen atoms in total. The van der Waals surface area contributed by atoms with Gasteiger partial charge in [0.15, 0.2) is 5.96 Å². The van der Waals surface area contributed by atoms with Gasteiger partial charge in [-0.15, -0.1) is 0 Å². The second kappa shape index (κ2) is 15.6. The minimum atomic E-state index is -1.35. The summed E-state index contributed by atoms with van der Waals surface area (Å²) in [4.78, 5) is 64.5. The van der Waals surface area contributed by atoms with Gasteiger partial charge in [0.25, 0.3) is 0 Å². The first kappa shape index (κ1) is 30.6. The average molecular weight is 523 g/mol. The van der Waals surface area contributed by atoms with Gasteiger partial charge in [0.05, 0.1) is 6.54 Å². The van der Waals surface area contributed by atoms with Gasteiger partial charge in [0.1, 0.15) is 23.9 Å². The zero-order valence-electron chi connectivity index (χ0n) is 20.2. The topological polar surface area (TPSA) is 278 Å². The number of hydrogen-bond acceptors (Lipinski definition) is 8. The molecule has 4 amide bonds. The fraction of sp³-hybridized carbons (Fsp3) is 0.455. The van der Waals surface area contributed by atoms with Crippen molar-refractivity contribution in [2.75, 3.05) is 13.1 Å². The number of carboxylic acid groups (broad SMARTS) is 1. The predicted octanol–water partition coefficient (Wildman–Crippen LogP) is -3.25. The molecular weight excluding hydrogens is 488 g/mol. The Morgan fingerprint density at radius 3 is 1.95 bits per heavy atom. The number of carbonyl (C=O) groups is 5. The lowest BCUT2D eigenvalue weighted by atomic mass is 10.0. The van der Waals surface area contributed by atoms with E-state index in [1.807, 2.05) is 0 Å². The Morgan fingerprint density at radius 2 is 1.43 bits per heavy atom. The van der Waals surface area contributed by atoms with Crippen molar-refractivity contribution in [3.05, 3.63) is 29.8 Å². The number of hydrogen-bond donors (Lipinski definition) is 9. The van der Waals surface area contributed by atoms with Crippen molar-refractivity contribution in [1.82, 2.24) is 16.0 Å². The summed E-state index contributed by atoms with van der Waals surface area (Å²) in [7, 11) is 0. The normalized spacial score (nSPS) is 12.9. The van der Waals surface area contributed by atoms with Crippen LogP contribution >= 0.6 is 0 Å². The minimum Gasteiger partial charge on any atom is -0.508 e. The summed E-state index contributed by atoms with van der Waals surface area (Å²) in [5, 5.41) is 26.3. The molecule has 0 fully saturated rings. The zero-order valence-corrected chi connectivity index (χ0v) is 20.2. The first-order chi connectivity index (χ1) is 17.4. The lowest BCUT2D eigenvalue weighted by Gasteiger charge is -2.24. The summed E-state index contributed by atoms with van der Waals surface area (Å²) >= 11 is 0. The summed E-state index contributed by atoms with van der Waals surface area (Å²) in [5.41, 5.74) is 21.6. The number of nitrogens with one attached hydrogen (secondary N) is 3. The summed E-state index contributed by atoms with van der Waals surface area (Å²) in [6, 6.07) is 1.98. The van der Waals surface area contributed by atoms with Crippen molar-refractivity contribution >= 4 is 35.6 Å². The third kappa shape index (κ3) is 12.2. The van der Waals surface area contributed by atoms with Crippen molar-refractivity contribution in [1.29, 1.82) is 0 Å². The molecule has 0 radical (unpaired) electrons. The van der Waals surface area contributed by atoms with E-state index in [1.165, 1.54) is 24.3 Å². The Labute approximate surface area is 213 Å². The number of carbonyl (C=O) groups excluding carboxylic acids is 4. The highest BCUT2D eigenvalue weighted by atomic mass is 16.4. The van der Waals surface area contributed by atoms with Crippen LogP contribution in [-0.4, -0.2) is 77.0 Å². The summed E-state index contributed by atoms with van der Waals surface area (Å²) in [6.45, 7) is -0.285. The van der Waals surface area contributed by atoms with E-state index in [9.17, 15) is 34.2 Å². The smallest absolute Gasteiger partial charge is 0.326 e. The maximum atomic E-state index is 13.0. The van der Waals surface area contributed by atoms with Crippen LogP contribution < -0.4 is 38.9 Å². The number of nitrogens with two attached hydrogens (primary N) is 4. The van der Waals surface area contributed by atoms with E-state index in [1.54, 1.807) is 0 Å². The number of primary amides is 1. The molecule has 0 spiro atoms. The van der Waals surface area contributed by atoms with Crippen LogP contribution in [0.1, 0.15) is 31.2 Å². The molecule has 0 aromatic heterocycles. The summed E-state index contributed by atoms with van der Waals surface area (Å²) in [6.07, 6.45) is -0.198. The molecule has 13 N–H and O–H groups in total. The van der Waals surface area contributed by atoms with Crippen molar-refractivity contribution in [2.45, 2.75) is 50.2 Å². The Balaban J connectivity index is 3.05. The predicted molar refractivity (Wildman–Crippen MR) is 133 cm³/mol. The number of aliphatic imine (C=N–C) groups is 1. The summed E-state index contributed by atoms with van der Waals surface area (Å²) < 4.78 is 0. The van der Waals surface area contributed by atoms with E-state index in [0.717, 1.165) is 0 Å². The van der Waals surface area contributed by atoms with Gasteiger partial charge in [0, 0.05) is 19.4 Å². The zero-order chi connectivity index (χ0) is 28.0. The van der Waals surface area contributed by atoms with Gasteiger partial charge in [-0.2, -0.15) is 0 Å². The molecular formula is C22H34N8O7. The molecule has 0 heterocycles. The molecule has 1 aromatic carbocycles. The van der Waals surface area contributed by atoms with Crippen LogP contribution in [-0.2, 0) is 30.4 Å². The Kier molecular flexibility index (Phi) is 12.9. The molecule has 0 saturated heterocycles. The van der Waals surface area contributed by atoms with Crippen LogP contribution in [0.5, 0.6) is 5.75 Å². The highest BCUT2D eigenvalue weighted by Gasteiger charge is 2.29. The quantitative estimate of drug-likeness (QED) is 0.0593.